The first-order valence-corrected chi connectivity index (χ1v) is 53.6. The minimum Gasteiger partial charge on any atom is -0.388 e. The highest BCUT2D eigenvalue weighted by Crippen LogP contribution is 2.36. The molecule has 0 aromatic carbocycles. The van der Waals surface area contributed by atoms with Gasteiger partial charge in [0.15, 0.2) is 70.8 Å². The number of aliphatic hydroxyl groups is 16. The van der Waals surface area contributed by atoms with Crippen LogP contribution in [0.2, 0.25) is 0 Å². The highest BCUT2D eigenvalue weighted by molar-refractivity contribution is 8.00. The SMILES string of the molecule is NCCCCCN(CCCCNC(=S)NCCSC[C@H]1OC(O)[C@@H](O)[C@H]1O[C@H]1O[C@@H](CN)[C@@H](O)C(O)C1N)CCCNC(=S)NCCSC[C@H]1OC(O)[C@@H](O)[C@H]1O[C@H]1O[C@@H](CN)[C@@H](O)C(O)C1N.[N-]=[N+]=NCCCCCN(CCCCNC(=S)NCCSC[C@H]1OC(O)[C@@H](O)[C@H]1O[C@H]1O[C@@H](CN)[C@@H](O)C(O)C1N)CCCNC(=S)NCCSC[C@H]1OC(O)[C@@H](O)[C@H]1O[C@H]1O[C@@H](CN)[C@@H](O)C(O)C1N. The van der Waals surface area contributed by atoms with E-state index >= 15 is 0 Å². The van der Waals surface area contributed by atoms with Crippen molar-refractivity contribution in [2.24, 2.45) is 56.7 Å². The predicted molar refractivity (Wildman–Crippen MR) is 533 cm³/mol. The molecule has 42 N–H and O–H groups in total. The van der Waals surface area contributed by atoms with Gasteiger partial charge in [-0.15, -0.1) is 0 Å². The average molecular weight is 2130 g/mol. The van der Waals surface area contributed by atoms with Crippen LogP contribution in [0, 0.1) is 0 Å². The minimum absolute atomic E-state index is 0.0778. The Labute approximate surface area is 844 Å². The topological polar surface area (TPSA) is 820 Å². The Hall–Kier alpha value is -2.09. The van der Waals surface area contributed by atoms with Crippen LogP contribution in [-0.4, -0.2) is 510 Å². The van der Waals surface area contributed by atoms with E-state index in [2.05, 4.69) is 62.4 Å². The Kier molecular flexibility index (Phi) is 59.7. The average Bonchev–Trinajstić information content (AvgIpc) is 1.10. The summed E-state index contributed by atoms with van der Waals surface area (Å²) in [4.78, 5) is 7.72. The molecule has 0 saturated carbocycles. The predicted octanol–water partition coefficient (Wildman–Crippen LogP) is -11.9. The van der Waals surface area contributed by atoms with Crippen LogP contribution in [0.4, 0.5) is 0 Å². The number of aliphatic hydroxyl groups excluding tert-OH is 16. The largest absolute Gasteiger partial charge is 0.388 e. The molecule has 12 unspecified atom stereocenters. The first-order valence-electron chi connectivity index (χ1n) is 47.3. The number of thiocarbonyl (C=S) groups is 4. The fraction of sp³-hybridized carbons (Fsp3) is 0.950. The van der Waals surface area contributed by atoms with Crippen LogP contribution in [0.1, 0.15) is 77.0 Å². The second kappa shape index (κ2) is 67.1. The molecular weight excluding hydrogens is 1970 g/mol. The van der Waals surface area contributed by atoms with E-state index < -0.39 is 221 Å². The molecular formula is C80H158N22O28S8. The third kappa shape index (κ3) is 40.4. The van der Waals surface area contributed by atoms with Crippen molar-refractivity contribution in [2.45, 2.75) is 298 Å². The summed E-state index contributed by atoms with van der Waals surface area (Å²) in [7, 11) is 0. The molecule has 0 amide bonds. The highest BCUT2D eigenvalue weighted by atomic mass is 32.2. The van der Waals surface area contributed by atoms with Crippen LogP contribution in [-0.2, 0) is 56.8 Å². The van der Waals surface area contributed by atoms with E-state index in [1.165, 1.54) is 47.0 Å². The molecule has 8 rings (SSSR count). The Morgan fingerprint density at radius 3 is 0.775 bits per heavy atom. The van der Waals surface area contributed by atoms with Crippen molar-refractivity contribution < 1.29 is 139 Å². The molecule has 8 heterocycles. The summed E-state index contributed by atoms with van der Waals surface area (Å²) in [6, 6.07) is -4.44. The minimum atomic E-state index is -1.48. The summed E-state index contributed by atoms with van der Waals surface area (Å²) in [6.45, 7) is 11.3. The molecule has 0 aromatic rings. The fourth-order valence-corrected chi connectivity index (χ4v) is 20.7. The molecule has 58 heteroatoms. The zero-order valence-electron chi connectivity index (χ0n) is 77.8. The standard InChI is InChI=1S/C40H78N12O14S4.C40H80N10O14S4/c41-17-21-27(53)29(55)25(43)37(63-21)65-33-23(61-35(59)31(33)57)19-69-15-10-48-39(67)46-7-3-5-13-52(12-4-1-2-9-50-51-45)14-6-8-47-40(68)49-11-16-70-20-24-34(32(58)36(60)62-24)66-38-26(44)30(56)28(54)22(18-42)64-38;41-7-2-1-4-12-50(14-6-9-47-40(66)49-11-16-68-20-24-34(32(56)36(58)60-24)64-38-26(45)30(54)28(52)22(18-43)62-38)13-5-3-8-46-39(65)48-10-15-67-19-23-33(31(55)35(57)59-23)63-37-25(44)29(53)27(51)21(17-42)61-37/h21-38,53-60H,1-20,41-44H2,(H2,46,48,67)(H2,47,49,68);21-38,51-58H,1-20,41-45H2,(H2,46,48,65)(H2,47,49,66)/t2*21-,22-,23+,24+,25?,26?,27+,28+,29?,30?,31-,32-,33-,34-,35?,36?,37+,38+/m00/s1. The third-order valence-corrected chi connectivity index (χ3v) is 29.7. The lowest BCUT2D eigenvalue weighted by Crippen LogP contribution is -2.64. The molecule has 50 nitrogen and oxygen atoms in total. The van der Waals surface area contributed by atoms with Crippen molar-refractivity contribution in [1.82, 2.24) is 52.3 Å². The van der Waals surface area contributed by atoms with Gasteiger partial charge >= 0.3 is 0 Å². The van der Waals surface area contributed by atoms with Gasteiger partial charge in [0.05, 0.1) is 48.6 Å². The zero-order chi connectivity index (χ0) is 101. The quantitative estimate of drug-likeness (QED) is 0.00884. The van der Waals surface area contributed by atoms with Gasteiger partial charge in [0.2, 0.25) is 0 Å². The molecule has 0 spiro atoms. The second-order valence-corrected chi connectivity index (χ2v) is 40.9. The van der Waals surface area contributed by atoms with Crippen LogP contribution in [0.5, 0.6) is 0 Å². The van der Waals surface area contributed by atoms with Crippen LogP contribution < -0.4 is 94.1 Å². The van der Waals surface area contributed by atoms with Gasteiger partial charge < -0.3 is 242 Å². The summed E-state index contributed by atoms with van der Waals surface area (Å²) in [6.07, 6.45) is -25.7. The summed E-state index contributed by atoms with van der Waals surface area (Å²) < 4.78 is 68.3. The van der Waals surface area contributed by atoms with Crippen molar-refractivity contribution in [1.29, 1.82) is 0 Å². The number of nitrogens with two attached hydrogens (primary N) is 9. The number of rotatable bonds is 61. The number of thioether (sulfide) groups is 4. The molecule has 0 aromatic heterocycles. The maximum Gasteiger partial charge on any atom is 0.184 e. The highest BCUT2D eigenvalue weighted by Gasteiger charge is 2.55. The van der Waals surface area contributed by atoms with E-state index in [1.54, 1.807) is 0 Å². The van der Waals surface area contributed by atoms with E-state index in [4.69, 9.17) is 163 Å². The van der Waals surface area contributed by atoms with Crippen LogP contribution in [0.25, 0.3) is 10.4 Å². The summed E-state index contributed by atoms with van der Waals surface area (Å²) >= 11 is 28.0. The van der Waals surface area contributed by atoms with Gasteiger partial charge in [-0.05, 0) is 164 Å². The summed E-state index contributed by atoms with van der Waals surface area (Å²) in [5, 5.41) is 196. The van der Waals surface area contributed by atoms with E-state index in [0.717, 1.165) is 123 Å². The van der Waals surface area contributed by atoms with Crippen molar-refractivity contribution in [2.75, 3.05) is 177 Å². The number of nitrogens with zero attached hydrogens (tertiary/aromatic N) is 5. The van der Waals surface area contributed by atoms with Crippen LogP contribution in [0.3, 0.4) is 0 Å². The van der Waals surface area contributed by atoms with Gasteiger partial charge in [-0.1, -0.05) is 18.0 Å². The first-order chi connectivity index (χ1) is 66.2. The number of ether oxygens (including phenoxy) is 12. The lowest BCUT2D eigenvalue weighted by atomic mass is 9.97. The molecule has 36 atom stereocenters. The van der Waals surface area contributed by atoms with Crippen molar-refractivity contribution in [3.05, 3.63) is 10.4 Å². The van der Waals surface area contributed by atoms with Crippen molar-refractivity contribution >= 4 is 116 Å². The number of hydrogen-bond donors (Lipinski definition) is 33. The summed E-state index contributed by atoms with van der Waals surface area (Å²) in [5.41, 5.74) is 61.0. The number of unbranched alkanes of at least 4 members (excludes halogenated alkanes) is 6. The van der Waals surface area contributed by atoms with Crippen molar-refractivity contribution in [3.8, 4) is 0 Å². The van der Waals surface area contributed by atoms with E-state index in [0.29, 0.717) is 125 Å². The fourth-order valence-electron chi connectivity index (χ4n) is 16.2. The maximum absolute atomic E-state index is 10.6. The molecule has 138 heavy (non-hydrogen) atoms. The molecule has 0 bridgehead atoms. The van der Waals surface area contributed by atoms with E-state index in [1.807, 2.05) is 0 Å². The lowest BCUT2D eigenvalue weighted by Gasteiger charge is -2.42. The van der Waals surface area contributed by atoms with Gasteiger partial charge in [0.1, 0.15) is 122 Å². The first kappa shape index (κ1) is 123. The van der Waals surface area contributed by atoms with Gasteiger partial charge in [0, 0.05) is 136 Å². The third-order valence-electron chi connectivity index (χ3n) is 24.3. The van der Waals surface area contributed by atoms with Gasteiger partial charge in [-0.25, -0.2) is 0 Å². The summed E-state index contributed by atoms with van der Waals surface area (Å²) in [5.74, 6) is 4.02. The number of azide groups is 1. The molecule has 8 saturated heterocycles. The Morgan fingerprint density at radius 1 is 0.297 bits per heavy atom. The molecule has 804 valence electrons. The molecule has 8 aliphatic heterocycles. The molecule has 8 aliphatic rings. The molecule has 0 radical (unpaired) electrons. The Morgan fingerprint density at radius 2 is 0.529 bits per heavy atom. The maximum atomic E-state index is 10.6. The normalized spacial score (nSPS) is 35.8. The Bertz CT molecular complexity index is 3420. The Balaban J connectivity index is 0.000000376. The van der Waals surface area contributed by atoms with E-state index in [-0.39, 0.29) is 26.2 Å². The van der Waals surface area contributed by atoms with Gasteiger partial charge in [-0.3, -0.25) is 0 Å². The van der Waals surface area contributed by atoms with Gasteiger partial charge in [-0.2, -0.15) is 47.0 Å². The van der Waals surface area contributed by atoms with Crippen LogP contribution >= 0.6 is 95.9 Å². The van der Waals surface area contributed by atoms with Crippen molar-refractivity contribution in [3.63, 3.8) is 0 Å². The van der Waals surface area contributed by atoms with E-state index in [9.17, 15) is 81.7 Å². The number of hydrogen-bond acceptors (Lipinski definition) is 48. The lowest BCUT2D eigenvalue weighted by molar-refractivity contribution is -0.278. The number of nitrogens with one attached hydrogen (secondary N) is 8. The zero-order valence-corrected chi connectivity index (χ0v) is 84.4. The monoisotopic (exact) mass is 2130 g/mol. The smallest absolute Gasteiger partial charge is 0.184 e. The second-order valence-electron chi connectivity index (χ2n) is 34.7. The van der Waals surface area contributed by atoms with Gasteiger partial charge in [0.25, 0.3) is 0 Å². The molecule has 8 fully saturated rings. The molecule has 0 aliphatic carbocycles. The van der Waals surface area contributed by atoms with Crippen LogP contribution in [0.15, 0.2) is 5.11 Å².